The quantitative estimate of drug-likeness (QED) is 0.842. The zero-order valence-electron chi connectivity index (χ0n) is 8.88. The summed E-state index contributed by atoms with van der Waals surface area (Å²) in [6.07, 6.45) is 0.944. The molecule has 1 aromatic heterocycles. The van der Waals surface area contributed by atoms with Crippen LogP contribution < -0.4 is 5.32 Å². The summed E-state index contributed by atoms with van der Waals surface area (Å²) < 4.78 is 14.3. The van der Waals surface area contributed by atoms with Crippen LogP contribution in [0.25, 0.3) is 10.1 Å². The third-order valence-electron chi connectivity index (χ3n) is 2.63. The molecule has 0 saturated carbocycles. The van der Waals surface area contributed by atoms with Crippen molar-refractivity contribution in [1.29, 1.82) is 0 Å². The first-order valence-corrected chi connectivity index (χ1v) is 5.91. The van der Waals surface area contributed by atoms with Gasteiger partial charge in [0.05, 0.1) is 0 Å². The maximum Gasteiger partial charge on any atom is 0.123 e. The van der Waals surface area contributed by atoms with Gasteiger partial charge in [-0.3, -0.25) is 0 Å². The van der Waals surface area contributed by atoms with E-state index in [-0.39, 0.29) is 5.82 Å². The maximum atomic E-state index is 13.1. The Balaban J connectivity index is 2.39. The summed E-state index contributed by atoms with van der Waals surface area (Å²) in [7, 11) is 1.94. The molecule has 0 bridgehead atoms. The second-order valence-corrected chi connectivity index (χ2v) is 4.71. The highest BCUT2D eigenvalue weighted by Crippen LogP contribution is 2.27. The average Bonchev–Trinajstić information content (AvgIpc) is 2.61. The molecule has 1 N–H and O–H groups in total. The summed E-state index contributed by atoms with van der Waals surface area (Å²) in [5.41, 5.74) is 1.23. The lowest BCUT2D eigenvalue weighted by molar-refractivity contribution is 0.610. The Kier molecular flexibility index (Phi) is 3.03. The molecule has 1 heterocycles. The highest BCUT2D eigenvalue weighted by Gasteiger charge is 2.07. The normalized spacial score (nSPS) is 13.3. The molecule has 0 aliphatic rings. The van der Waals surface area contributed by atoms with Crippen molar-refractivity contribution < 1.29 is 4.39 Å². The lowest BCUT2D eigenvalue weighted by atomic mass is 10.1. The van der Waals surface area contributed by atoms with Crippen molar-refractivity contribution in [1.82, 2.24) is 5.32 Å². The van der Waals surface area contributed by atoms with Crippen LogP contribution in [0.1, 0.15) is 12.5 Å². The smallest absolute Gasteiger partial charge is 0.123 e. The predicted octanol–water partition coefficient (Wildman–Crippen LogP) is 3.19. The fourth-order valence-electron chi connectivity index (χ4n) is 1.64. The maximum absolute atomic E-state index is 13.1. The standard InChI is InChI=1S/C12H14FNS/c1-8(14-2)5-9-7-15-12-4-3-10(13)6-11(9)12/h3-4,6-8,14H,5H2,1-2H3. The number of hydrogen-bond acceptors (Lipinski definition) is 2. The zero-order chi connectivity index (χ0) is 10.8. The molecular formula is C12H14FNS. The lowest BCUT2D eigenvalue weighted by Crippen LogP contribution is -2.23. The Bertz CT molecular complexity index is 464. The molecule has 0 saturated heterocycles. The molecule has 1 nitrogen and oxygen atoms in total. The molecule has 0 aliphatic carbocycles. The van der Waals surface area contributed by atoms with Gasteiger partial charge in [-0.25, -0.2) is 4.39 Å². The molecule has 0 fully saturated rings. The average molecular weight is 223 g/mol. The van der Waals surface area contributed by atoms with E-state index in [9.17, 15) is 4.39 Å². The molecular weight excluding hydrogens is 209 g/mol. The Labute approximate surface area is 92.9 Å². The molecule has 3 heteroatoms. The van der Waals surface area contributed by atoms with Gasteiger partial charge in [0.2, 0.25) is 0 Å². The van der Waals surface area contributed by atoms with Gasteiger partial charge < -0.3 is 5.32 Å². The molecule has 0 amide bonds. The van der Waals surface area contributed by atoms with E-state index in [2.05, 4.69) is 17.6 Å². The van der Waals surface area contributed by atoms with Crippen molar-refractivity contribution >= 4 is 21.4 Å². The first-order chi connectivity index (χ1) is 7.20. The molecule has 0 spiro atoms. The number of hydrogen-bond donors (Lipinski definition) is 1. The summed E-state index contributed by atoms with van der Waals surface area (Å²) in [5, 5.41) is 6.37. The molecule has 1 atom stereocenters. The van der Waals surface area contributed by atoms with Crippen molar-refractivity contribution in [2.24, 2.45) is 0 Å². The van der Waals surface area contributed by atoms with E-state index in [4.69, 9.17) is 0 Å². The third kappa shape index (κ3) is 2.19. The van der Waals surface area contributed by atoms with Crippen molar-refractivity contribution in [3.63, 3.8) is 0 Å². The molecule has 80 valence electrons. The minimum Gasteiger partial charge on any atom is -0.317 e. The molecule has 15 heavy (non-hydrogen) atoms. The van der Waals surface area contributed by atoms with E-state index in [1.165, 1.54) is 11.6 Å². The highest BCUT2D eigenvalue weighted by atomic mass is 32.1. The van der Waals surface area contributed by atoms with Gasteiger partial charge in [-0.05, 0) is 54.9 Å². The van der Waals surface area contributed by atoms with Crippen LogP contribution in [-0.2, 0) is 6.42 Å². The van der Waals surface area contributed by atoms with E-state index in [0.717, 1.165) is 16.5 Å². The summed E-state index contributed by atoms with van der Waals surface area (Å²) in [6.45, 7) is 2.13. The van der Waals surface area contributed by atoms with Crippen LogP contribution in [0.2, 0.25) is 0 Å². The Hall–Kier alpha value is -0.930. The first-order valence-electron chi connectivity index (χ1n) is 5.03. The monoisotopic (exact) mass is 223 g/mol. The molecule has 1 unspecified atom stereocenters. The Morgan fingerprint density at radius 1 is 1.47 bits per heavy atom. The van der Waals surface area contributed by atoms with Gasteiger partial charge in [-0.1, -0.05) is 0 Å². The Morgan fingerprint density at radius 3 is 3.00 bits per heavy atom. The number of benzene rings is 1. The minimum atomic E-state index is -0.153. The fraction of sp³-hybridized carbons (Fsp3) is 0.333. The molecule has 0 radical (unpaired) electrons. The summed E-state index contributed by atoms with van der Waals surface area (Å²) in [4.78, 5) is 0. The number of likely N-dealkylation sites (N-methyl/N-ethyl adjacent to an activating group) is 1. The fourth-order valence-corrected chi connectivity index (χ4v) is 2.60. The number of fused-ring (bicyclic) bond motifs is 1. The number of nitrogens with one attached hydrogen (secondary N) is 1. The second kappa shape index (κ2) is 4.29. The summed E-state index contributed by atoms with van der Waals surface area (Å²) in [5.74, 6) is -0.153. The topological polar surface area (TPSA) is 12.0 Å². The Morgan fingerprint density at radius 2 is 2.27 bits per heavy atom. The van der Waals surface area contributed by atoms with Crippen LogP contribution in [0.3, 0.4) is 0 Å². The largest absolute Gasteiger partial charge is 0.317 e. The van der Waals surface area contributed by atoms with Gasteiger partial charge >= 0.3 is 0 Å². The SMILES string of the molecule is CNC(C)Cc1csc2ccc(F)cc12. The van der Waals surface area contributed by atoms with Crippen LogP contribution >= 0.6 is 11.3 Å². The van der Waals surface area contributed by atoms with Gasteiger partial charge in [0.15, 0.2) is 0 Å². The number of halogens is 1. The minimum absolute atomic E-state index is 0.153. The van der Waals surface area contributed by atoms with Gasteiger partial charge in [0, 0.05) is 10.7 Å². The van der Waals surface area contributed by atoms with Crippen molar-refractivity contribution in [2.45, 2.75) is 19.4 Å². The van der Waals surface area contributed by atoms with Gasteiger partial charge in [-0.2, -0.15) is 0 Å². The second-order valence-electron chi connectivity index (χ2n) is 3.80. The van der Waals surface area contributed by atoms with Crippen LogP contribution in [0.15, 0.2) is 23.6 Å². The van der Waals surface area contributed by atoms with Crippen molar-refractivity contribution in [3.8, 4) is 0 Å². The molecule has 1 aromatic carbocycles. The third-order valence-corrected chi connectivity index (χ3v) is 3.65. The van der Waals surface area contributed by atoms with Gasteiger partial charge in [-0.15, -0.1) is 11.3 Å². The van der Waals surface area contributed by atoms with Crippen molar-refractivity contribution in [3.05, 3.63) is 35.0 Å². The van der Waals surface area contributed by atoms with Crippen LogP contribution in [0, 0.1) is 5.82 Å². The van der Waals surface area contributed by atoms with E-state index in [1.54, 1.807) is 17.4 Å². The number of thiophene rings is 1. The van der Waals surface area contributed by atoms with Crippen LogP contribution in [0.5, 0.6) is 0 Å². The van der Waals surface area contributed by atoms with E-state index >= 15 is 0 Å². The summed E-state index contributed by atoms with van der Waals surface area (Å²) in [6, 6.07) is 5.42. The van der Waals surface area contributed by atoms with Crippen LogP contribution in [-0.4, -0.2) is 13.1 Å². The first kappa shape index (κ1) is 10.6. The van der Waals surface area contributed by atoms with Gasteiger partial charge in [0.1, 0.15) is 5.82 Å². The van der Waals surface area contributed by atoms with Gasteiger partial charge in [0.25, 0.3) is 0 Å². The van der Waals surface area contributed by atoms with Crippen LogP contribution in [0.4, 0.5) is 4.39 Å². The van der Waals surface area contributed by atoms with E-state index < -0.39 is 0 Å². The molecule has 2 rings (SSSR count). The van der Waals surface area contributed by atoms with E-state index in [1.807, 2.05) is 13.1 Å². The summed E-state index contributed by atoms with van der Waals surface area (Å²) >= 11 is 1.68. The van der Waals surface area contributed by atoms with E-state index in [0.29, 0.717) is 6.04 Å². The molecule has 0 aliphatic heterocycles. The zero-order valence-corrected chi connectivity index (χ0v) is 9.70. The molecule has 2 aromatic rings. The van der Waals surface area contributed by atoms with Crippen molar-refractivity contribution in [2.75, 3.05) is 7.05 Å². The number of rotatable bonds is 3. The predicted molar refractivity (Wildman–Crippen MR) is 64.0 cm³/mol. The highest BCUT2D eigenvalue weighted by molar-refractivity contribution is 7.17. The lowest BCUT2D eigenvalue weighted by Gasteiger charge is -2.08.